The minimum Gasteiger partial charge on any atom is -0.493 e. The zero-order valence-corrected chi connectivity index (χ0v) is 16.2. The van der Waals surface area contributed by atoms with Crippen molar-refractivity contribution in [1.29, 1.82) is 0 Å². The van der Waals surface area contributed by atoms with Crippen LogP contribution < -0.4 is 14.8 Å². The van der Waals surface area contributed by atoms with E-state index in [0.717, 1.165) is 24.8 Å². The first-order valence-corrected chi connectivity index (χ1v) is 9.39. The van der Waals surface area contributed by atoms with Gasteiger partial charge in [0.1, 0.15) is 0 Å². The van der Waals surface area contributed by atoms with Gasteiger partial charge in [-0.3, -0.25) is 4.79 Å². The van der Waals surface area contributed by atoms with Gasteiger partial charge in [0, 0.05) is 6.04 Å². The van der Waals surface area contributed by atoms with E-state index in [1.165, 1.54) is 13.5 Å². The second kappa shape index (κ2) is 10.6. The second-order valence-electron chi connectivity index (χ2n) is 6.86. The van der Waals surface area contributed by atoms with Gasteiger partial charge in [0.25, 0.3) is 5.91 Å². The molecule has 148 valence electrons. The molecule has 2 rings (SSSR count). The molecule has 0 unspecified atom stereocenters. The Morgan fingerprint density at radius 1 is 1.22 bits per heavy atom. The zero-order chi connectivity index (χ0) is 19.6. The third kappa shape index (κ3) is 6.62. The first kappa shape index (κ1) is 20.8. The number of nitrogens with one attached hydrogen (secondary N) is 1. The Morgan fingerprint density at radius 2 is 2.00 bits per heavy atom. The van der Waals surface area contributed by atoms with Crippen LogP contribution in [0.25, 0.3) is 0 Å². The lowest BCUT2D eigenvalue weighted by molar-refractivity contribution is -0.150. The molecule has 27 heavy (non-hydrogen) atoms. The largest absolute Gasteiger partial charge is 0.493 e. The molecule has 0 aliphatic heterocycles. The number of rotatable bonds is 9. The first-order chi connectivity index (χ1) is 13.0. The number of hydrogen-bond acceptors (Lipinski definition) is 5. The van der Waals surface area contributed by atoms with Crippen LogP contribution in [-0.2, 0) is 20.7 Å². The molecule has 0 heterocycles. The summed E-state index contributed by atoms with van der Waals surface area (Å²) in [6.07, 6.45) is 6.94. The molecule has 1 aromatic rings. The van der Waals surface area contributed by atoms with E-state index in [1.54, 1.807) is 12.1 Å². The van der Waals surface area contributed by atoms with Crippen molar-refractivity contribution >= 4 is 11.9 Å². The quantitative estimate of drug-likeness (QED) is 0.530. The lowest BCUT2D eigenvalue weighted by atomic mass is 9.86. The van der Waals surface area contributed by atoms with E-state index in [4.69, 9.17) is 14.2 Å². The third-order valence-corrected chi connectivity index (χ3v) is 4.78. The highest BCUT2D eigenvalue weighted by atomic mass is 16.6. The van der Waals surface area contributed by atoms with E-state index in [-0.39, 0.29) is 25.2 Å². The molecule has 1 aliphatic rings. The molecule has 2 atom stereocenters. The summed E-state index contributed by atoms with van der Waals surface area (Å²) in [5, 5.41) is 2.95. The standard InChI is InChI=1S/C21H29NO5/c1-4-7-16-10-11-18(19(12-16)25-3)26-14-21(24)27-13-20(23)22-17-9-6-5-8-15(17)2/h4,10-12,15,17H,1,5-9,13-14H2,2-3H3,(H,22,23)/t15-,17-/m1/s1. The van der Waals surface area contributed by atoms with Gasteiger partial charge in [0.2, 0.25) is 0 Å². The fourth-order valence-electron chi connectivity index (χ4n) is 3.23. The molecule has 6 heteroatoms. The SMILES string of the molecule is C=CCc1ccc(OCC(=O)OCC(=O)N[C@@H]2CCCC[C@H]2C)c(OC)c1. The molecule has 1 fully saturated rings. The van der Waals surface area contributed by atoms with Crippen LogP contribution >= 0.6 is 0 Å². The molecule has 1 saturated carbocycles. The van der Waals surface area contributed by atoms with Gasteiger partial charge in [0.15, 0.2) is 24.7 Å². The number of benzene rings is 1. The maximum Gasteiger partial charge on any atom is 0.344 e. The van der Waals surface area contributed by atoms with E-state index in [0.29, 0.717) is 23.8 Å². The van der Waals surface area contributed by atoms with Crippen molar-refractivity contribution in [1.82, 2.24) is 5.32 Å². The maximum absolute atomic E-state index is 12.0. The summed E-state index contributed by atoms with van der Waals surface area (Å²) >= 11 is 0. The van der Waals surface area contributed by atoms with Crippen LogP contribution in [0.1, 0.15) is 38.2 Å². The van der Waals surface area contributed by atoms with Crippen LogP contribution in [0.2, 0.25) is 0 Å². The minimum atomic E-state index is -0.598. The predicted octanol–water partition coefficient (Wildman–Crippen LogP) is 3.04. The van der Waals surface area contributed by atoms with Gasteiger partial charge in [-0.05, 0) is 42.9 Å². The summed E-state index contributed by atoms with van der Waals surface area (Å²) in [6, 6.07) is 5.62. The zero-order valence-electron chi connectivity index (χ0n) is 16.2. The number of methoxy groups -OCH3 is 1. The van der Waals surface area contributed by atoms with Crippen molar-refractivity contribution in [2.75, 3.05) is 20.3 Å². The molecule has 0 saturated heterocycles. The molecular formula is C21H29NO5. The highest BCUT2D eigenvalue weighted by molar-refractivity contribution is 5.81. The lowest BCUT2D eigenvalue weighted by Gasteiger charge is -2.29. The van der Waals surface area contributed by atoms with Crippen molar-refractivity contribution in [2.45, 2.75) is 45.1 Å². The first-order valence-electron chi connectivity index (χ1n) is 9.39. The number of allylic oxidation sites excluding steroid dienone is 1. The monoisotopic (exact) mass is 375 g/mol. The van der Waals surface area contributed by atoms with Crippen LogP contribution in [0, 0.1) is 5.92 Å². The number of esters is 1. The van der Waals surface area contributed by atoms with Crippen LogP contribution in [0.15, 0.2) is 30.9 Å². The van der Waals surface area contributed by atoms with E-state index >= 15 is 0 Å². The minimum absolute atomic E-state index is 0.166. The van der Waals surface area contributed by atoms with E-state index in [2.05, 4.69) is 18.8 Å². The molecule has 1 amide bonds. The summed E-state index contributed by atoms with van der Waals surface area (Å²) in [5.74, 6) is 0.569. The summed E-state index contributed by atoms with van der Waals surface area (Å²) in [6.45, 7) is 5.26. The molecule has 0 bridgehead atoms. The van der Waals surface area contributed by atoms with E-state index in [9.17, 15) is 9.59 Å². The van der Waals surface area contributed by atoms with Crippen molar-refractivity contribution in [3.63, 3.8) is 0 Å². The molecule has 1 aromatic carbocycles. The average molecular weight is 375 g/mol. The average Bonchev–Trinajstić information content (AvgIpc) is 2.67. The smallest absolute Gasteiger partial charge is 0.344 e. The summed E-state index contributed by atoms with van der Waals surface area (Å²) in [5.41, 5.74) is 1.03. The number of carbonyl (C=O) groups is 2. The Morgan fingerprint density at radius 3 is 2.70 bits per heavy atom. The Hall–Kier alpha value is -2.50. The Balaban J connectivity index is 1.75. The highest BCUT2D eigenvalue weighted by Crippen LogP contribution is 2.28. The maximum atomic E-state index is 12.0. The predicted molar refractivity (Wildman–Crippen MR) is 103 cm³/mol. The number of carbonyl (C=O) groups excluding carboxylic acids is 2. The number of ether oxygens (including phenoxy) is 3. The molecule has 0 aromatic heterocycles. The van der Waals surface area contributed by atoms with Gasteiger partial charge < -0.3 is 19.5 Å². The van der Waals surface area contributed by atoms with Crippen LogP contribution in [-0.4, -0.2) is 38.2 Å². The van der Waals surface area contributed by atoms with Crippen molar-refractivity contribution in [3.05, 3.63) is 36.4 Å². The Bertz CT molecular complexity index is 658. The molecule has 6 nitrogen and oxygen atoms in total. The van der Waals surface area contributed by atoms with Gasteiger partial charge >= 0.3 is 5.97 Å². The van der Waals surface area contributed by atoms with E-state index in [1.807, 2.05) is 12.1 Å². The lowest BCUT2D eigenvalue weighted by Crippen LogP contribution is -2.43. The Kier molecular flexibility index (Phi) is 8.17. The van der Waals surface area contributed by atoms with Crippen molar-refractivity contribution in [2.24, 2.45) is 5.92 Å². The third-order valence-electron chi connectivity index (χ3n) is 4.78. The normalized spacial score (nSPS) is 19.0. The second-order valence-corrected chi connectivity index (χ2v) is 6.86. The fourth-order valence-corrected chi connectivity index (χ4v) is 3.23. The molecule has 0 spiro atoms. The summed E-state index contributed by atoms with van der Waals surface area (Å²) in [7, 11) is 1.54. The molecular weight excluding hydrogens is 346 g/mol. The van der Waals surface area contributed by atoms with Gasteiger partial charge in [-0.2, -0.15) is 0 Å². The van der Waals surface area contributed by atoms with Crippen LogP contribution in [0.5, 0.6) is 11.5 Å². The van der Waals surface area contributed by atoms with Crippen molar-refractivity contribution < 1.29 is 23.8 Å². The van der Waals surface area contributed by atoms with Crippen molar-refractivity contribution in [3.8, 4) is 11.5 Å². The number of hydrogen-bond donors (Lipinski definition) is 1. The number of amides is 1. The highest BCUT2D eigenvalue weighted by Gasteiger charge is 2.23. The summed E-state index contributed by atoms with van der Waals surface area (Å²) in [4.78, 5) is 23.8. The van der Waals surface area contributed by atoms with Gasteiger partial charge in [-0.15, -0.1) is 6.58 Å². The van der Waals surface area contributed by atoms with Crippen LogP contribution in [0.4, 0.5) is 0 Å². The molecule has 0 radical (unpaired) electrons. The molecule has 1 N–H and O–H groups in total. The Labute approximate surface area is 160 Å². The fraction of sp³-hybridized carbons (Fsp3) is 0.524. The van der Waals surface area contributed by atoms with Gasteiger partial charge in [0.05, 0.1) is 7.11 Å². The van der Waals surface area contributed by atoms with E-state index < -0.39 is 5.97 Å². The molecule has 1 aliphatic carbocycles. The van der Waals surface area contributed by atoms with Crippen LogP contribution in [0.3, 0.4) is 0 Å². The topological polar surface area (TPSA) is 73.9 Å². The van der Waals surface area contributed by atoms with Gasteiger partial charge in [-0.1, -0.05) is 31.9 Å². The summed E-state index contributed by atoms with van der Waals surface area (Å²) < 4.78 is 15.8. The van der Waals surface area contributed by atoms with Gasteiger partial charge in [-0.25, -0.2) is 4.79 Å².